The van der Waals surface area contributed by atoms with Crippen molar-refractivity contribution >= 4 is 0 Å². The van der Waals surface area contributed by atoms with Crippen LogP contribution in [0.3, 0.4) is 0 Å². The molecule has 0 aromatic rings. The van der Waals surface area contributed by atoms with Crippen LogP contribution in [0.4, 0.5) is 0 Å². The second-order valence-electron chi connectivity index (χ2n) is 11.7. The van der Waals surface area contributed by atoms with Crippen LogP contribution in [-0.4, -0.2) is 49.8 Å². The Morgan fingerprint density at radius 3 is 2.43 bits per heavy atom. The molecule has 0 bridgehead atoms. The van der Waals surface area contributed by atoms with Gasteiger partial charge in [0.2, 0.25) is 0 Å². The summed E-state index contributed by atoms with van der Waals surface area (Å²) in [5.74, 6) is 1.81. The normalized spacial score (nSPS) is 46.4. The quantitative estimate of drug-likeness (QED) is 0.696. The Hall–Kier alpha value is -0.900. The van der Waals surface area contributed by atoms with Gasteiger partial charge in [0, 0.05) is 17.5 Å². The number of rotatable bonds is 4. The standard InChI is InChI=1S/C27H44N2O/c1-18(29(6)7)21-13-15-27(4)23-10-9-22-19(16-20(23)12-14-26(21,27)3)8-11-24(28-5)25(22,2)17-30/h8,11-12,16,18,21-24,28,30H,9-10,13-15,17H2,1-7H3/t18-,21+,22+,23+,24-,25-,26+,27-/m0/s1. The second kappa shape index (κ2) is 7.60. The highest BCUT2D eigenvalue weighted by Gasteiger charge is 2.60. The van der Waals surface area contributed by atoms with Crippen molar-refractivity contribution in [1.82, 2.24) is 10.2 Å². The van der Waals surface area contributed by atoms with Gasteiger partial charge in [-0.15, -0.1) is 0 Å². The van der Waals surface area contributed by atoms with Gasteiger partial charge in [-0.2, -0.15) is 0 Å². The van der Waals surface area contributed by atoms with Gasteiger partial charge in [0.05, 0.1) is 6.61 Å². The molecule has 4 rings (SSSR count). The minimum absolute atomic E-state index is 0.134. The Kier molecular flexibility index (Phi) is 5.65. The van der Waals surface area contributed by atoms with Gasteiger partial charge in [-0.25, -0.2) is 0 Å². The van der Waals surface area contributed by atoms with Crippen LogP contribution in [0, 0.1) is 34.0 Å². The Labute approximate surface area is 184 Å². The first kappa shape index (κ1) is 22.3. The van der Waals surface area contributed by atoms with E-state index in [1.165, 1.54) is 37.7 Å². The molecule has 0 saturated heterocycles. The highest BCUT2D eigenvalue weighted by molar-refractivity contribution is 5.42. The van der Waals surface area contributed by atoms with Gasteiger partial charge >= 0.3 is 0 Å². The lowest BCUT2D eigenvalue weighted by atomic mass is 9.51. The van der Waals surface area contributed by atoms with E-state index >= 15 is 0 Å². The summed E-state index contributed by atoms with van der Waals surface area (Å²) in [6.45, 7) is 10.1. The minimum atomic E-state index is -0.134. The third-order valence-corrected chi connectivity index (χ3v) is 10.5. The number of hydrogen-bond donors (Lipinski definition) is 2. The highest BCUT2D eigenvalue weighted by atomic mass is 16.3. The predicted molar refractivity (Wildman–Crippen MR) is 126 cm³/mol. The SMILES string of the molecule is CN[C@H]1C=CC2=CC3=CC[C@]4(C)[C@@H]([C@H](C)N(C)C)CC[C@@]4(C)[C@@H]3CC[C@H]2[C@]1(C)CO. The van der Waals surface area contributed by atoms with E-state index in [4.69, 9.17) is 0 Å². The summed E-state index contributed by atoms with van der Waals surface area (Å²) >= 11 is 0. The monoisotopic (exact) mass is 412 g/mol. The summed E-state index contributed by atoms with van der Waals surface area (Å²) in [7, 11) is 6.51. The number of fused-ring (bicyclic) bond motifs is 4. The van der Waals surface area contributed by atoms with E-state index < -0.39 is 0 Å². The summed E-state index contributed by atoms with van der Waals surface area (Å²) in [5, 5.41) is 13.9. The maximum absolute atomic E-state index is 10.4. The fourth-order valence-corrected chi connectivity index (χ4v) is 8.00. The van der Waals surface area contributed by atoms with Crippen LogP contribution in [-0.2, 0) is 0 Å². The Bertz CT molecular complexity index is 767. The first-order valence-electron chi connectivity index (χ1n) is 12.2. The maximum atomic E-state index is 10.4. The average molecular weight is 413 g/mol. The van der Waals surface area contributed by atoms with Crippen molar-refractivity contribution in [3.8, 4) is 0 Å². The summed E-state index contributed by atoms with van der Waals surface area (Å²) in [6, 6.07) is 0.854. The lowest BCUT2D eigenvalue weighted by molar-refractivity contribution is -0.0125. The van der Waals surface area contributed by atoms with Crippen LogP contribution in [0.25, 0.3) is 0 Å². The third kappa shape index (κ3) is 2.95. The van der Waals surface area contributed by atoms with Crippen molar-refractivity contribution in [2.45, 2.75) is 71.9 Å². The van der Waals surface area contributed by atoms with Gasteiger partial charge in [-0.3, -0.25) is 0 Å². The smallest absolute Gasteiger partial charge is 0.0508 e. The first-order chi connectivity index (χ1) is 14.1. The molecule has 0 spiro atoms. The molecule has 3 nitrogen and oxygen atoms in total. The molecule has 1 fully saturated rings. The number of nitrogens with one attached hydrogen (secondary N) is 1. The van der Waals surface area contributed by atoms with Crippen molar-refractivity contribution in [3.63, 3.8) is 0 Å². The molecule has 30 heavy (non-hydrogen) atoms. The molecule has 0 aromatic heterocycles. The molecule has 0 unspecified atom stereocenters. The van der Waals surface area contributed by atoms with Crippen LogP contribution in [0.2, 0.25) is 0 Å². The largest absolute Gasteiger partial charge is 0.396 e. The fraction of sp³-hybridized carbons (Fsp3) is 0.778. The van der Waals surface area contributed by atoms with Crippen LogP contribution in [0.5, 0.6) is 0 Å². The van der Waals surface area contributed by atoms with E-state index in [1.807, 2.05) is 7.05 Å². The van der Waals surface area contributed by atoms with Crippen LogP contribution < -0.4 is 5.32 Å². The van der Waals surface area contributed by atoms with Crippen LogP contribution in [0.15, 0.2) is 35.5 Å². The Morgan fingerprint density at radius 1 is 1.10 bits per heavy atom. The number of allylic oxidation sites excluding steroid dienone is 5. The molecule has 0 heterocycles. The minimum Gasteiger partial charge on any atom is -0.396 e. The van der Waals surface area contributed by atoms with Gasteiger partial charge in [-0.1, -0.05) is 45.1 Å². The first-order valence-corrected chi connectivity index (χ1v) is 12.2. The zero-order valence-electron chi connectivity index (χ0n) is 20.3. The van der Waals surface area contributed by atoms with Gasteiger partial charge in [0.25, 0.3) is 0 Å². The lowest BCUT2D eigenvalue weighted by Gasteiger charge is -2.54. The molecule has 0 radical (unpaired) electrons. The summed E-state index contributed by atoms with van der Waals surface area (Å²) < 4.78 is 0. The van der Waals surface area contributed by atoms with Crippen molar-refractivity contribution < 1.29 is 5.11 Å². The van der Waals surface area contributed by atoms with Crippen molar-refractivity contribution in [2.24, 2.45) is 34.0 Å². The average Bonchev–Trinajstić information content (AvgIpc) is 2.87. The topological polar surface area (TPSA) is 35.5 Å². The highest BCUT2D eigenvalue weighted by Crippen LogP contribution is 2.68. The van der Waals surface area contributed by atoms with E-state index in [0.717, 1.165) is 5.92 Å². The molecule has 0 aromatic carbocycles. The zero-order valence-corrected chi connectivity index (χ0v) is 20.3. The van der Waals surface area contributed by atoms with E-state index in [-0.39, 0.29) is 18.1 Å². The zero-order chi connectivity index (χ0) is 21.9. The Balaban J connectivity index is 1.71. The molecule has 4 aliphatic rings. The molecule has 0 aliphatic heterocycles. The fourth-order valence-electron chi connectivity index (χ4n) is 8.00. The predicted octanol–water partition coefficient (Wildman–Crippen LogP) is 4.80. The van der Waals surface area contributed by atoms with E-state index in [1.54, 1.807) is 5.57 Å². The van der Waals surface area contributed by atoms with E-state index in [2.05, 4.69) is 76.3 Å². The van der Waals surface area contributed by atoms with E-state index in [0.29, 0.717) is 28.7 Å². The summed E-state index contributed by atoms with van der Waals surface area (Å²) in [4.78, 5) is 2.43. The molecule has 168 valence electrons. The number of aliphatic hydroxyl groups excluding tert-OH is 1. The van der Waals surface area contributed by atoms with Crippen molar-refractivity contribution in [1.29, 1.82) is 0 Å². The van der Waals surface area contributed by atoms with Crippen LogP contribution >= 0.6 is 0 Å². The number of likely N-dealkylation sites (N-methyl/N-ethyl adjacent to an activating group) is 1. The molecule has 1 saturated carbocycles. The van der Waals surface area contributed by atoms with E-state index in [9.17, 15) is 5.11 Å². The Morgan fingerprint density at radius 2 is 1.80 bits per heavy atom. The van der Waals surface area contributed by atoms with Gasteiger partial charge in [0.1, 0.15) is 0 Å². The lowest BCUT2D eigenvalue weighted by Crippen LogP contribution is -2.50. The maximum Gasteiger partial charge on any atom is 0.0508 e. The van der Waals surface area contributed by atoms with Gasteiger partial charge < -0.3 is 15.3 Å². The molecule has 8 atom stereocenters. The number of hydrogen-bond acceptors (Lipinski definition) is 3. The van der Waals surface area contributed by atoms with Gasteiger partial charge in [0.15, 0.2) is 0 Å². The molecular formula is C27H44N2O. The summed E-state index contributed by atoms with van der Waals surface area (Å²) in [5.41, 5.74) is 3.61. The number of aliphatic hydroxyl groups is 1. The number of nitrogens with zero attached hydrogens (tertiary/aromatic N) is 1. The molecule has 4 aliphatic carbocycles. The van der Waals surface area contributed by atoms with Crippen LogP contribution in [0.1, 0.15) is 59.8 Å². The molecule has 0 amide bonds. The van der Waals surface area contributed by atoms with Crippen molar-refractivity contribution in [3.05, 3.63) is 35.5 Å². The van der Waals surface area contributed by atoms with Crippen molar-refractivity contribution in [2.75, 3.05) is 27.7 Å². The summed E-state index contributed by atoms with van der Waals surface area (Å²) in [6.07, 6.45) is 16.0. The molecular weight excluding hydrogens is 368 g/mol. The molecule has 3 heteroatoms. The molecule has 2 N–H and O–H groups in total. The second-order valence-corrected chi connectivity index (χ2v) is 11.7. The third-order valence-electron chi connectivity index (χ3n) is 10.5. The van der Waals surface area contributed by atoms with Gasteiger partial charge in [-0.05, 0) is 99.9 Å².